The van der Waals surface area contributed by atoms with E-state index in [2.05, 4.69) is 36.6 Å². The molecule has 9 heteroatoms. The van der Waals surface area contributed by atoms with Crippen LogP contribution in [-0.2, 0) is 13.6 Å². The Morgan fingerprint density at radius 3 is 3.00 bits per heavy atom. The summed E-state index contributed by atoms with van der Waals surface area (Å²) in [5, 5.41) is 11.9. The molecule has 0 bridgehead atoms. The van der Waals surface area contributed by atoms with E-state index < -0.39 is 0 Å². The standard InChI is InChI=1S/C17H22N8S/c1-12-20-14(7-16(21-12)22-17-23-19-11-26-17)15-5-3-4-6-25(15)9-13-8-24(2)10-18-13/h7-8,10-11,15H,3-6,9H2,1-2H3,(H,20,21,22,23)/t15-/m0/s1. The van der Waals surface area contributed by atoms with E-state index in [-0.39, 0.29) is 6.04 Å². The molecule has 26 heavy (non-hydrogen) atoms. The predicted molar refractivity (Wildman–Crippen MR) is 100 cm³/mol. The Morgan fingerprint density at radius 2 is 2.23 bits per heavy atom. The van der Waals surface area contributed by atoms with E-state index in [1.807, 2.05) is 30.9 Å². The molecule has 3 aromatic heterocycles. The van der Waals surface area contributed by atoms with E-state index in [1.165, 1.54) is 24.2 Å². The van der Waals surface area contributed by atoms with Gasteiger partial charge in [-0.25, -0.2) is 15.0 Å². The fraction of sp³-hybridized carbons (Fsp3) is 0.471. The minimum atomic E-state index is 0.280. The molecule has 4 rings (SSSR count). The van der Waals surface area contributed by atoms with E-state index in [1.54, 1.807) is 5.51 Å². The van der Waals surface area contributed by atoms with Crippen molar-refractivity contribution < 1.29 is 0 Å². The van der Waals surface area contributed by atoms with Gasteiger partial charge in [-0.15, -0.1) is 10.2 Å². The van der Waals surface area contributed by atoms with Crippen LogP contribution in [0.5, 0.6) is 0 Å². The molecule has 1 atom stereocenters. The smallest absolute Gasteiger partial charge is 0.210 e. The van der Waals surface area contributed by atoms with Crippen LogP contribution < -0.4 is 5.32 Å². The van der Waals surface area contributed by atoms with Crippen LogP contribution >= 0.6 is 11.3 Å². The van der Waals surface area contributed by atoms with Crippen LogP contribution in [0, 0.1) is 6.92 Å². The molecule has 1 fully saturated rings. The van der Waals surface area contributed by atoms with Gasteiger partial charge in [0.25, 0.3) is 0 Å². The van der Waals surface area contributed by atoms with Crippen molar-refractivity contribution in [2.75, 3.05) is 11.9 Å². The first-order chi connectivity index (χ1) is 12.7. The van der Waals surface area contributed by atoms with Gasteiger partial charge in [0.05, 0.1) is 23.8 Å². The summed E-state index contributed by atoms with van der Waals surface area (Å²) in [7, 11) is 2.00. The van der Waals surface area contributed by atoms with Crippen LogP contribution in [0.1, 0.15) is 42.5 Å². The summed E-state index contributed by atoms with van der Waals surface area (Å²) in [6.45, 7) is 3.83. The van der Waals surface area contributed by atoms with Gasteiger partial charge in [-0.05, 0) is 26.3 Å². The lowest BCUT2D eigenvalue weighted by Gasteiger charge is -2.35. The summed E-state index contributed by atoms with van der Waals surface area (Å²) in [4.78, 5) is 16.2. The highest BCUT2D eigenvalue weighted by Gasteiger charge is 2.26. The van der Waals surface area contributed by atoms with E-state index in [0.29, 0.717) is 0 Å². The third-order valence-corrected chi connectivity index (χ3v) is 5.14. The quantitative estimate of drug-likeness (QED) is 0.739. The van der Waals surface area contributed by atoms with Gasteiger partial charge >= 0.3 is 0 Å². The van der Waals surface area contributed by atoms with Crippen molar-refractivity contribution in [1.29, 1.82) is 0 Å². The van der Waals surface area contributed by atoms with Gasteiger partial charge in [0.2, 0.25) is 5.13 Å². The van der Waals surface area contributed by atoms with E-state index in [9.17, 15) is 0 Å². The maximum Gasteiger partial charge on any atom is 0.210 e. The Hall–Kier alpha value is -2.39. The summed E-state index contributed by atoms with van der Waals surface area (Å²) in [6, 6.07) is 2.32. The number of imidazole rings is 1. The Labute approximate surface area is 156 Å². The number of hydrogen-bond donors (Lipinski definition) is 1. The summed E-state index contributed by atoms with van der Waals surface area (Å²) in [5.74, 6) is 1.53. The maximum atomic E-state index is 4.73. The molecular weight excluding hydrogens is 348 g/mol. The Kier molecular flexibility index (Phi) is 4.89. The molecule has 0 aliphatic carbocycles. The zero-order valence-corrected chi connectivity index (χ0v) is 15.8. The number of hydrogen-bond acceptors (Lipinski definition) is 8. The van der Waals surface area contributed by atoms with Gasteiger partial charge in [-0.3, -0.25) is 4.90 Å². The van der Waals surface area contributed by atoms with Crippen molar-refractivity contribution in [3.63, 3.8) is 0 Å². The maximum absolute atomic E-state index is 4.73. The fourth-order valence-corrected chi connectivity index (χ4v) is 3.89. The number of likely N-dealkylation sites (tertiary alicyclic amines) is 1. The number of piperidine rings is 1. The second-order valence-corrected chi connectivity index (χ2v) is 7.44. The van der Waals surface area contributed by atoms with Crippen LogP contribution in [0.3, 0.4) is 0 Å². The summed E-state index contributed by atoms with van der Waals surface area (Å²) < 4.78 is 1.99. The van der Waals surface area contributed by atoms with Crippen LogP contribution in [-0.4, -0.2) is 41.2 Å². The first kappa shape index (κ1) is 17.0. The highest BCUT2D eigenvalue weighted by atomic mass is 32.1. The number of nitrogens with one attached hydrogen (secondary N) is 1. The van der Waals surface area contributed by atoms with Crippen LogP contribution in [0.4, 0.5) is 10.9 Å². The average Bonchev–Trinajstić information content (AvgIpc) is 3.27. The lowest BCUT2D eigenvalue weighted by molar-refractivity contribution is 0.135. The molecule has 1 aliphatic heterocycles. The molecule has 8 nitrogen and oxygen atoms in total. The first-order valence-electron chi connectivity index (χ1n) is 8.77. The monoisotopic (exact) mass is 370 g/mol. The van der Waals surface area contributed by atoms with Crippen LogP contribution in [0.25, 0.3) is 0 Å². The predicted octanol–water partition coefficient (Wildman–Crippen LogP) is 2.84. The Balaban J connectivity index is 1.58. The van der Waals surface area contributed by atoms with E-state index in [0.717, 1.165) is 47.7 Å². The third kappa shape index (κ3) is 3.88. The molecule has 0 amide bonds. The molecule has 0 radical (unpaired) electrons. The Morgan fingerprint density at radius 1 is 1.31 bits per heavy atom. The number of aromatic nitrogens is 6. The third-order valence-electron chi connectivity index (χ3n) is 4.53. The van der Waals surface area contributed by atoms with Gasteiger partial charge < -0.3 is 9.88 Å². The molecule has 3 aromatic rings. The molecule has 136 valence electrons. The van der Waals surface area contributed by atoms with Gasteiger partial charge in [-0.1, -0.05) is 17.8 Å². The normalized spacial score (nSPS) is 18.2. The fourth-order valence-electron chi connectivity index (χ4n) is 3.43. The molecule has 0 aromatic carbocycles. The molecule has 0 spiro atoms. The molecule has 1 aliphatic rings. The number of anilines is 2. The van der Waals surface area contributed by atoms with Gasteiger partial charge in [-0.2, -0.15) is 0 Å². The molecule has 4 heterocycles. The molecule has 0 saturated carbocycles. The summed E-state index contributed by atoms with van der Waals surface area (Å²) in [5.41, 5.74) is 3.85. The van der Waals surface area contributed by atoms with Gasteiger partial charge in [0.1, 0.15) is 17.2 Å². The number of nitrogens with zero attached hydrogens (tertiary/aromatic N) is 7. The SMILES string of the molecule is Cc1nc(Nc2nncs2)cc([C@@H]2CCCCN2Cc2cn(C)cn2)n1. The van der Waals surface area contributed by atoms with Crippen LogP contribution in [0.2, 0.25) is 0 Å². The molecule has 0 unspecified atom stereocenters. The topological polar surface area (TPSA) is 84.7 Å². The van der Waals surface area contributed by atoms with Crippen molar-refractivity contribution in [3.05, 3.63) is 41.3 Å². The van der Waals surface area contributed by atoms with E-state index in [4.69, 9.17) is 4.98 Å². The van der Waals surface area contributed by atoms with E-state index >= 15 is 0 Å². The summed E-state index contributed by atoms with van der Waals surface area (Å²) >= 11 is 1.45. The summed E-state index contributed by atoms with van der Waals surface area (Å²) in [6.07, 6.45) is 7.46. The average molecular weight is 370 g/mol. The second-order valence-electron chi connectivity index (χ2n) is 6.61. The first-order valence-corrected chi connectivity index (χ1v) is 9.65. The molecule has 1 saturated heterocycles. The zero-order valence-electron chi connectivity index (χ0n) is 15.0. The van der Waals surface area contributed by atoms with Gasteiger partial charge in [0.15, 0.2) is 0 Å². The van der Waals surface area contributed by atoms with Crippen LogP contribution in [0.15, 0.2) is 24.1 Å². The van der Waals surface area contributed by atoms with Gasteiger partial charge in [0, 0.05) is 25.9 Å². The lowest BCUT2D eigenvalue weighted by atomic mass is 9.98. The second kappa shape index (κ2) is 7.46. The Bertz CT molecular complexity index is 860. The number of rotatable bonds is 5. The lowest BCUT2D eigenvalue weighted by Crippen LogP contribution is -2.33. The highest BCUT2D eigenvalue weighted by Crippen LogP contribution is 2.32. The van der Waals surface area contributed by atoms with Crippen molar-refractivity contribution >= 4 is 22.3 Å². The van der Waals surface area contributed by atoms with Crippen molar-refractivity contribution in [1.82, 2.24) is 34.6 Å². The largest absolute Gasteiger partial charge is 0.340 e. The van der Waals surface area contributed by atoms with Crippen molar-refractivity contribution in [3.8, 4) is 0 Å². The molecule has 1 N–H and O–H groups in total. The minimum Gasteiger partial charge on any atom is -0.340 e. The highest BCUT2D eigenvalue weighted by molar-refractivity contribution is 7.13. The van der Waals surface area contributed by atoms with Crippen molar-refractivity contribution in [2.24, 2.45) is 7.05 Å². The zero-order chi connectivity index (χ0) is 17.9. The minimum absolute atomic E-state index is 0.280. The van der Waals surface area contributed by atoms with Crippen molar-refractivity contribution in [2.45, 2.75) is 38.8 Å². The number of aryl methyl sites for hydroxylation is 2. The molecular formula is C17H22N8S.